The Bertz CT molecular complexity index is 315. The summed E-state index contributed by atoms with van der Waals surface area (Å²) < 4.78 is 2.26. The highest BCUT2D eigenvalue weighted by Crippen LogP contribution is 2.07. The SMILES string of the molecule is CSCCCCn1cncc1CNC(C)(C)C. The van der Waals surface area contributed by atoms with E-state index in [-0.39, 0.29) is 5.54 Å². The summed E-state index contributed by atoms with van der Waals surface area (Å²) in [5.74, 6) is 1.25. The van der Waals surface area contributed by atoms with Crippen LogP contribution in [0, 0.1) is 0 Å². The van der Waals surface area contributed by atoms with Crippen molar-refractivity contribution in [3.8, 4) is 0 Å². The van der Waals surface area contributed by atoms with Crippen LogP contribution in [-0.4, -0.2) is 27.1 Å². The first-order valence-electron chi connectivity index (χ1n) is 6.26. The zero-order valence-corrected chi connectivity index (χ0v) is 12.3. The second-order valence-electron chi connectivity index (χ2n) is 5.38. The molecule has 0 atom stereocenters. The maximum atomic E-state index is 4.24. The molecule has 4 heteroatoms. The van der Waals surface area contributed by atoms with Crippen LogP contribution in [0.4, 0.5) is 0 Å². The number of thioether (sulfide) groups is 1. The van der Waals surface area contributed by atoms with Gasteiger partial charge in [0.05, 0.1) is 12.0 Å². The Labute approximate surface area is 109 Å². The minimum Gasteiger partial charge on any atom is -0.333 e. The fourth-order valence-electron chi connectivity index (χ4n) is 1.58. The minimum atomic E-state index is 0.161. The highest BCUT2D eigenvalue weighted by Gasteiger charge is 2.10. The molecule has 1 N–H and O–H groups in total. The lowest BCUT2D eigenvalue weighted by atomic mass is 10.1. The summed E-state index contributed by atoms with van der Waals surface area (Å²) in [6.45, 7) is 8.54. The van der Waals surface area contributed by atoms with Crippen LogP contribution >= 0.6 is 11.8 Å². The molecule has 0 spiro atoms. The fraction of sp³-hybridized carbons (Fsp3) is 0.769. The predicted molar refractivity (Wildman–Crippen MR) is 76.4 cm³/mol. The van der Waals surface area contributed by atoms with E-state index in [9.17, 15) is 0 Å². The lowest BCUT2D eigenvalue weighted by molar-refractivity contribution is 0.414. The molecule has 0 aliphatic heterocycles. The Balaban J connectivity index is 2.37. The Morgan fingerprint density at radius 3 is 2.76 bits per heavy atom. The molecule has 1 aromatic heterocycles. The van der Waals surface area contributed by atoms with Crippen molar-refractivity contribution in [3.05, 3.63) is 18.2 Å². The third kappa shape index (κ3) is 6.13. The van der Waals surface area contributed by atoms with Crippen LogP contribution in [0.5, 0.6) is 0 Å². The van der Waals surface area contributed by atoms with Gasteiger partial charge in [0, 0.05) is 24.8 Å². The summed E-state index contributed by atoms with van der Waals surface area (Å²) in [6.07, 6.45) is 8.59. The summed E-state index contributed by atoms with van der Waals surface area (Å²) in [5.41, 5.74) is 1.44. The van der Waals surface area contributed by atoms with E-state index in [2.05, 4.69) is 41.9 Å². The predicted octanol–water partition coefficient (Wildman–Crippen LogP) is 2.91. The van der Waals surface area contributed by atoms with E-state index in [1.54, 1.807) is 0 Å². The molecule has 1 aromatic rings. The van der Waals surface area contributed by atoms with Crippen molar-refractivity contribution >= 4 is 11.8 Å². The molecule has 0 unspecified atom stereocenters. The molecule has 1 rings (SSSR count). The summed E-state index contributed by atoms with van der Waals surface area (Å²) >= 11 is 1.92. The second kappa shape index (κ2) is 7.07. The first-order valence-corrected chi connectivity index (χ1v) is 7.65. The monoisotopic (exact) mass is 255 g/mol. The number of aromatic nitrogens is 2. The largest absolute Gasteiger partial charge is 0.333 e. The second-order valence-corrected chi connectivity index (χ2v) is 6.37. The van der Waals surface area contributed by atoms with Crippen LogP contribution in [-0.2, 0) is 13.1 Å². The molecule has 17 heavy (non-hydrogen) atoms. The van der Waals surface area contributed by atoms with E-state index >= 15 is 0 Å². The van der Waals surface area contributed by atoms with Gasteiger partial charge in [-0.2, -0.15) is 11.8 Å². The summed E-state index contributed by atoms with van der Waals surface area (Å²) in [4.78, 5) is 4.24. The zero-order valence-electron chi connectivity index (χ0n) is 11.5. The first kappa shape index (κ1) is 14.6. The van der Waals surface area contributed by atoms with Gasteiger partial charge >= 0.3 is 0 Å². The smallest absolute Gasteiger partial charge is 0.0948 e. The molecular weight excluding hydrogens is 230 g/mol. The van der Waals surface area contributed by atoms with Gasteiger partial charge in [0.15, 0.2) is 0 Å². The number of nitrogens with zero attached hydrogens (tertiary/aromatic N) is 2. The fourth-order valence-corrected chi connectivity index (χ4v) is 2.07. The Morgan fingerprint density at radius 1 is 1.35 bits per heavy atom. The number of aryl methyl sites for hydroxylation is 1. The van der Waals surface area contributed by atoms with Crippen molar-refractivity contribution < 1.29 is 0 Å². The summed E-state index contributed by atoms with van der Waals surface area (Å²) in [6, 6.07) is 0. The number of imidazole rings is 1. The molecule has 0 radical (unpaired) electrons. The molecule has 0 saturated heterocycles. The highest BCUT2D eigenvalue weighted by molar-refractivity contribution is 7.98. The van der Waals surface area contributed by atoms with Gasteiger partial charge in [-0.25, -0.2) is 4.98 Å². The van der Waals surface area contributed by atoms with Gasteiger partial charge in [-0.1, -0.05) is 0 Å². The van der Waals surface area contributed by atoms with Gasteiger partial charge in [-0.3, -0.25) is 0 Å². The van der Waals surface area contributed by atoms with Crippen LogP contribution in [0.2, 0.25) is 0 Å². The van der Waals surface area contributed by atoms with E-state index in [1.165, 1.54) is 24.3 Å². The topological polar surface area (TPSA) is 29.9 Å². The summed E-state index contributed by atoms with van der Waals surface area (Å²) in [7, 11) is 0. The quantitative estimate of drug-likeness (QED) is 0.760. The molecule has 0 bridgehead atoms. The van der Waals surface area contributed by atoms with E-state index < -0.39 is 0 Å². The third-order valence-electron chi connectivity index (χ3n) is 2.60. The highest BCUT2D eigenvalue weighted by atomic mass is 32.2. The standard InChI is InChI=1S/C13H25N3S/c1-13(2,3)15-10-12-9-14-11-16(12)7-5-6-8-17-4/h9,11,15H,5-8,10H2,1-4H3. The molecule has 3 nitrogen and oxygen atoms in total. The number of hydrogen-bond donors (Lipinski definition) is 1. The van der Waals surface area contributed by atoms with Crippen molar-refractivity contribution in [3.63, 3.8) is 0 Å². The van der Waals surface area contributed by atoms with Crippen molar-refractivity contribution in [2.24, 2.45) is 0 Å². The average molecular weight is 255 g/mol. The summed E-state index contributed by atoms with van der Waals surface area (Å²) in [5, 5.41) is 3.50. The number of nitrogens with one attached hydrogen (secondary N) is 1. The lowest BCUT2D eigenvalue weighted by Crippen LogP contribution is -2.35. The van der Waals surface area contributed by atoms with Gasteiger partial charge in [0.25, 0.3) is 0 Å². The van der Waals surface area contributed by atoms with Crippen molar-refractivity contribution in [2.45, 2.75) is 52.2 Å². The Morgan fingerprint density at radius 2 is 2.12 bits per heavy atom. The molecule has 0 aliphatic carbocycles. The van der Waals surface area contributed by atoms with Crippen molar-refractivity contribution in [1.29, 1.82) is 0 Å². The Hall–Kier alpha value is -0.480. The van der Waals surface area contributed by atoms with Gasteiger partial charge in [-0.15, -0.1) is 0 Å². The van der Waals surface area contributed by atoms with Crippen LogP contribution in [0.15, 0.2) is 12.5 Å². The van der Waals surface area contributed by atoms with E-state index in [0.29, 0.717) is 0 Å². The molecule has 0 saturated carbocycles. The molecule has 0 aliphatic rings. The van der Waals surface area contributed by atoms with Crippen LogP contribution < -0.4 is 5.32 Å². The molecule has 1 heterocycles. The molecule has 0 fully saturated rings. The van der Waals surface area contributed by atoms with E-state index in [1.807, 2.05) is 24.3 Å². The van der Waals surface area contributed by atoms with Crippen LogP contribution in [0.3, 0.4) is 0 Å². The maximum Gasteiger partial charge on any atom is 0.0948 e. The van der Waals surface area contributed by atoms with E-state index in [0.717, 1.165) is 13.1 Å². The van der Waals surface area contributed by atoms with Gasteiger partial charge < -0.3 is 9.88 Å². The van der Waals surface area contributed by atoms with Gasteiger partial charge in [0.1, 0.15) is 0 Å². The molecule has 0 aromatic carbocycles. The van der Waals surface area contributed by atoms with Crippen molar-refractivity contribution in [1.82, 2.24) is 14.9 Å². The molecule has 0 amide bonds. The van der Waals surface area contributed by atoms with Gasteiger partial charge in [0.2, 0.25) is 0 Å². The minimum absolute atomic E-state index is 0.161. The van der Waals surface area contributed by atoms with Crippen LogP contribution in [0.25, 0.3) is 0 Å². The normalized spacial score (nSPS) is 12.0. The van der Waals surface area contributed by atoms with Crippen molar-refractivity contribution in [2.75, 3.05) is 12.0 Å². The molecular formula is C13H25N3S. The zero-order chi connectivity index (χ0) is 12.7. The Kier molecular flexibility index (Phi) is 6.06. The maximum absolute atomic E-state index is 4.24. The number of rotatable bonds is 7. The number of hydrogen-bond acceptors (Lipinski definition) is 3. The lowest BCUT2D eigenvalue weighted by Gasteiger charge is -2.20. The third-order valence-corrected chi connectivity index (χ3v) is 3.29. The molecule has 98 valence electrons. The number of unbranched alkanes of at least 4 members (excludes halogenated alkanes) is 1. The first-order chi connectivity index (χ1) is 8.03. The van der Waals surface area contributed by atoms with Gasteiger partial charge in [-0.05, 0) is 45.6 Å². The van der Waals surface area contributed by atoms with E-state index in [4.69, 9.17) is 0 Å². The van der Waals surface area contributed by atoms with Crippen LogP contribution in [0.1, 0.15) is 39.3 Å². The average Bonchev–Trinajstić information content (AvgIpc) is 2.68.